The van der Waals surface area contributed by atoms with Crippen LogP contribution in [0.2, 0.25) is 5.02 Å². The maximum Gasteiger partial charge on any atom is 0.330 e. The van der Waals surface area contributed by atoms with E-state index in [0.29, 0.717) is 25.3 Å². The van der Waals surface area contributed by atoms with Crippen LogP contribution in [0.4, 0.5) is 11.4 Å². The molecule has 1 heterocycles. The molecule has 2 aromatic carbocycles. The first-order valence-corrected chi connectivity index (χ1v) is 13.0. The highest BCUT2D eigenvalue weighted by Crippen LogP contribution is 2.37. The Morgan fingerprint density at radius 1 is 0.947 bits per heavy atom. The van der Waals surface area contributed by atoms with Gasteiger partial charge in [-0.1, -0.05) is 48.4 Å². The van der Waals surface area contributed by atoms with Gasteiger partial charge in [-0.25, -0.2) is 14.4 Å². The van der Waals surface area contributed by atoms with Gasteiger partial charge < -0.3 is 25.2 Å². The van der Waals surface area contributed by atoms with Crippen molar-refractivity contribution in [3.8, 4) is 0 Å². The second-order valence-corrected chi connectivity index (χ2v) is 8.92. The van der Waals surface area contributed by atoms with Gasteiger partial charge in [-0.2, -0.15) is 0 Å². The Kier molecular flexibility index (Phi) is 13.7. The minimum atomic E-state index is -1.26. The molecule has 0 saturated heterocycles. The van der Waals surface area contributed by atoms with Gasteiger partial charge in [-0.3, -0.25) is 0 Å². The highest BCUT2D eigenvalue weighted by atomic mass is 35.5. The number of para-hydroxylation sites is 1. The summed E-state index contributed by atoms with van der Waals surface area (Å²) < 4.78 is 4.86. The fourth-order valence-corrected chi connectivity index (χ4v) is 4.16. The molecular formula is C29H35ClN2O6. The normalized spacial score (nSPS) is 12.3. The van der Waals surface area contributed by atoms with Crippen LogP contribution in [0.15, 0.2) is 66.8 Å². The predicted octanol–water partition coefficient (Wildman–Crippen LogP) is 5.17. The number of benzene rings is 2. The number of aryl methyl sites for hydroxylation is 2. The lowest BCUT2D eigenvalue weighted by Crippen LogP contribution is -2.20. The van der Waals surface area contributed by atoms with E-state index in [0.717, 1.165) is 50.2 Å². The number of carbonyl (C=O) groups is 3. The van der Waals surface area contributed by atoms with Crippen molar-refractivity contribution in [1.82, 2.24) is 5.32 Å². The molecule has 1 aliphatic heterocycles. The van der Waals surface area contributed by atoms with Gasteiger partial charge in [0.05, 0.1) is 6.61 Å². The zero-order valence-electron chi connectivity index (χ0n) is 21.6. The number of carbonyl (C=O) groups excluding carboxylic acids is 1. The van der Waals surface area contributed by atoms with Crippen LogP contribution in [0.3, 0.4) is 0 Å². The van der Waals surface area contributed by atoms with E-state index >= 15 is 0 Å². The van der Waals surface area contributed by atoms with E-state index in [4.69, 9.17) is 26.6 Å². The number of aliphatic carboxylic acids is 2. The van der Waals surface area contributed by atoms with E-state index in [-0.39, 0.29) is 5.97 Å². The molecule has 0 amide bonds. The standard InChI is InChI=1S/C25H31ClN2O2.C4H4O4/c1-2-30-25(29)11-8-17-27-16-6-3-7-18-28-23-10-5-4-9-20(23)12-13-21-14-15-22(26)19-24(21)28;5-3(6)1-2-4(7)8/h4-5,8-11,14-15,19,27H,2-3,6-7,12-13,16-18H2,1H3;1-2H,(H,5,6)(H,7,8)/b11-8+;2-1-. The van der Waals surface area contributed by atoms with E-state index < -0.39 is 11.9 Å². The molecule has 0 spiro atoms. The zero-order valence-corrected chi connectivity index (χ0v) is 22.3. The van der Waals surface area contributed by atoms with Crippen molar-refractivity contribution in [2.24, 2.45) is 0 Å². The lowest BCUT2D eigenvalue weighted by Gasteiger charge is -2.27. The molecule has 1 aliphatic rings. The summed E-state index contributed by atoms with van der Waals surface area (Å²) in [4.78, 5) is 32.8. The number of hydrogen-bond acceptors (Lipinski definition) is 6. The number of nitrogens with zero attached hydrogens (tertiary/aromatic N) is 1. The summed E-state index contributed by atoms with van der Waals surface area (Å²) in [7, 11) is 0. The fraction of sp³-hybridized carbons (Fsp3) is 0.345. The molecule has 3 N–H and O–H groups in total. The maximum atomic E-state index is 11.2. The molecule has 0 bridgehead atoms. The molecule has 0 unspecified atom stereocenters. The fourth-order valence-electron chi connectivity index (χ4n) is 4.00. The summed E-state index contributed by atoms with van der Waals surface area (Å²) >= 11 is 6.33. The molecule has 0 saturated carbocycles. The molecule has 9 heteroatoms. The number of unbranched alkanes of at least 4 members (excludes halogenated alkanes) is 2. The van der Waals surface area contributed by atoms with Gasteiger partial charge >= 0.3 is 17.9 Å². The van der Waals surface area contributed by atoms with E-state index in [1.54, 1.807) is 6.92 Å². The number of nitrogens with one attached hydrogen (secondary N) is 1. The Hall–Kier alpha value is -3.62. The quantitative estimate of drug-likeness (QED) is 0.191. The summed E-state index contributed by atoms with van der Waals surface area (Å²) in [6, 6.07) is 15.0. The van der Waals surface area contributed by atoms with Crippen LogP contribution in [0.1, 0.15) is 37.3 Å². The molecule has 204 valence electrons. The van der Waals surface area contributed by atoms with Crippen molar-refractivity contribution < 1.29 is 29.3 Å². The number of rotatable bonds is 12. The SMILES string of the molecule is CCOC(=O)/C=C/CNCCCCCN1c2ccccc2CCc2ccc(Cl)cc21.O=C(O)/C=C\C(=O)O. The van der Waals surface area contributed by atoms with Gasteiger partial charge in [0, 0.05) is 47.7 Å². The highest BCUT2D eigenvalue weighted by molar-refractivity contribution is 6.30. The monoisotopic (exact) mass is 542 g/mol. The van der Waals surface area contributed by atoms with Crippen molar-refractivity contribution >= 4 is 40.9 Å². The lowest BCUT2D eigenvalue weighted by atomic mass is 10.0. The Morgan fingerprint density at radius 3 is 2.32 bits per heavy atom. The first-order valence-electron chi connectivity index (χ1n) is 12.6. The predicted molar refractivity (Wildman–Crippen MR) is 149 cm³/mol. The van der Waals surface area contributed by atoms with Crippen LogP contribution in [0, 0.1) is 0 Å². The molecule has 0 radical (unpaired) electrons. The van der Waals surface area contributed by atoms with Crippen molar-refractivity contribution in [1.29, 1.82) is 0 Å². The van der Waals surface area contributed by atoms with Crippen LogP contribution in [0.25, 0.3) is 0 Å². The van der Waals surface area contributed by atoms with Gasteiger partial charge in [-0.05, 0) is 68.5 Å². The molecule has 0 fully saturated rings. The third-order valence-electron chi connectivity index (χ3n) is 5.69. The Morgan fingerprint density at radius 2 is 1.63 bits per heavy atom. The van der Waals surface area contributed by atoms with E-state index in [1.165, 1.54) is 28.6 Å². The third kappa shape index (κ3) is 11.2. The van der Waals surface area contributed by atoms with Gasteiger partial charge in [0.15, 0.2) is 0 Å². The van der Waals surface area contributed by atoms with Crippen LogP contribution in [0.5, 0.6) is 0 Å². The van der Waals surface area contributed by atoms with Crippen molar-refractivity contribution in [2.75, 3.05) is 31.1 Å². The largest absolute Gasteiger partial charge is 0.478 e. The van der Waals surface area contributed by atoms with Crippen molar-refractivity contribution in [3.05, 3.63) is 82.9 Å². The van der Waals surface area contributed by atoms with Crippen LogP contribution in [-0.2, 0) is 32.0 Å². The number of esters is 1. The van der Waals surface area contributed by atoms with Crippen molar-refractivity contribution in [2.45, 2.75) is 39.0 Å². The highest BCUT2D eigenvalue weighted by Gasteiger charge is 2.20. The summed E-state index contributed by atoms with van der Waals surface area (Å²) in [6.07, 6.45) is 9.87. The number of carboxylic acids is 2. The molecule has 0 atom stereocenters. The number of carboxylic acid groups (broad SMARTS) is 2. The third-order valence-corrected chi connectivity index (χ3v) is 5.93. The van der Waals surface area contributed by atoms with E-state index in [1.807, 2.05) is 12.1 Å². The number of anilines is 2. The molecule has 3 rings (SSSR count). The minimum Gasteiger partial charge on any atom is -0.478 e. The van der Waals surface area contributed by atoms with Crippen LogP contribution < -0.4 is 10.2 Å². The topological polar surface area (TPSA) is 116 Å². The number of hydrogen-bond donors (Lipinski definition) is 3. The maximum absolute atomic E-state index is 11.2. The lowest BCUT2D eigenvalue weighted by molar-refractivity contribution is -0.137. The van der Waals surface area contributed by atoms with Crippen LogP contribution in [-0.4, -0.2) is 54.4 Å². The average Bonchev–Trinajstić information content (AvgIpc) is 3.03. The molecule has 0 aliphatic carbocycles. The van der Waals surface area contributed by atoms with Crippen molar-refractivity contribution in [3.63, 3.8) is 0 Å². The second kappa shape index (κ2) is 17.0. The number of ether oxygens (including phenoxy) is 1. The molecule has 8 nitrogen and oxygen atoms in total. The average molecular weight is 543 g/mol. The summed E-state index contributed by atoms with van der Waals surface area (Å²) in [5.41, 5.74) is 5.32. The minimum absolute atomic E-state index is 0.280. The summed E-state index contributed by atoms with van der Waals surface area (Å²) in [5, 5.41) is 19.8. The first-order chi connectivity index (χ1) is 18.3. The Labute approximate surface area is 228 Å². The summed E-state index contributed by atoms with van der Waals surface area (Å²) in [6.45, 7) is 4.82. The molecule has 38 heavy (non-hydrogen) atoms. The van der Waals surface area contributed by atoms with E-state index in [9.17, 15) is 14.4 Å². The van der Waals surface area contributed by atoms with Crippen LogP contribution >= 0.6 is 11.6 Å². The first kappa shape index (κ1) is 30.6. The molecule has 0 aromatic heterocycles. The van der Waals surface area contributed by atoms with Gasteiger partial charge in [-0.15, -0.1) is 0 Å². The zero-order chi connectivity index (χ0) is 27.8. The Bertz CT molecular complexity index is 1120. The Balaban J connectivity index is 0.000000550. The number of halogens is 1. The number of fused-ring (bicyclic) bond motifs is 2. The van der Waals surface area contributed by atoms with E-state index in [2.05, 4.69) is 46.6 Å². The smallest absolute Gasteiger partial charge is 0.330 e. The second-order valence-electron chi connectivity index (χ2n) is 8.48. The van der Waals surface area contributed by atoms with Gasteiger partial charge in [0.25, 0.3) is 0 Å². The van der Waals surface area contributed by atoms with Gasteiger partial charge in [0.2, 0.25) is 0 Å². The van der Waals surface area contributed by atoms with Gasteiger partial charge in [0.1, 0.15) is 0 Å². The molecular weight excluding hydrogens is 508 g/mol. The molecule has 2 aromatic rings. The summed E-state index contributed by atoms with van der Waals surface area (Å²) in [5.74, 6) is -2.79.